The summed E-state index contributed by atoms with van der Waals surface area (Å²) in [7, 11) is 0. The van der Waals surface area contributed by atoms with Crippen LogP contribution in [0.4, 0.5) is 0 Å². The topological polar surface area (TPSA) is 77.1 Å². The van der Waals surface area contributed by atoms with E-state index >= 15 is 0 Å². The highest BCUT2D eigenvalue weighted by Crippen LogP contribution is 2.17. The minimum atomic E-state index is -0.141. The lowest BCUT2D eigenvalue weighted by atomic mass is 10.1. The lowest BCUT2D eigenvalue weighted by molar-refractivity contribution is -0.121. The highest BCUT2D eigenvalue weighted by atomic mass is 32.2. The molecule has 0 aliphatic rings. The van der Waals surface area contributed by atoms with E-state index in [1.165, 1.54) is 0 Å². The number of carbonyl (C=O) groups excluding carboxylic acids is 1. The van der Waals surface area contributed by atoms with E-state index in [4.69, 9.17) is 4.42 Å². The summed E-state index contributed by atoms with van der Waals surface area (Å²) in [4.78, 5) is 29.2. The number of aromatic nitrogens is 2. The van der Waals surface area contributed by atoms with Gasteiger partial charge in [0.2, 0.25) is 5.91 Å². The number of furan rings is 1. The standard InChI is InChI=1S/C21H25N3O3S/c1-14-11-18-19(12-15(14)2)24(21(26)16(3)23-18)8-6-20(25)22-7-10-28-13-17-5-4-9-27-17/h4-5,9,11-12H,6-8,10,13H2,1-3H3,(H,22,25). The molecule has 0 fully saturated rings. The normalized spacial score (nSPS) is 11.1. The molecule has 28 heavy (non-hydrogen) atoms. The van der Waals surface area contributed by atoms with E-state index in [1.807, 2.05) is 38.1 Å². The fourth-order valence-electron chi connectivity index (χ4n) is 2.98. The molecule has 3 aromatic rings. The van der Waals surface area contributed by atoms with Gasteiger partial charge in [0.05, 0.1) is 23.0 Å². The van der Waals surface area contributed by atoms with Crippen LogP contribution < -0.4 is 10.9 Å². The SMILES string of the molecule is Cc1cc2nc(C)c(=O)n(CCC(=O)NCCSCc3ccco3)c2cc1C. The van der Waals surface area contributed by atoms with E-state index in [0.29, 0.717) is 18.8 Å². The maximum Gasteiger partial charge on any atom is 0.272 e. The number of thioether (sulfide) groups is 1. The Kier molecular flexibility index (Phi) is 6.57. The second kappa shape index (κ2) is 9.10. The lowest BCUT2D eigenvalue weighted by Crippen LogP contribution is -2.30. The smallest absolute Gasteiger partial charge is 0.272 e. The first kappa shape index (κ1) is 20.2. The number of rotatable bonds is 8. The molecule has 0 unspecified atom stereocenters. The fourth-order valence-corrected chi connectivity index (χ4v) is 3.73. The number of nitrogens with one attached hydrogen (secondary N) is 1. The van der Waals surface area contributed by atoms with Gasteiger partial charge in [0.15, 0.2) is 0 Å². The second-order valence-corrected chi connectivity index (χ2v) is 7.92. The van der Waals surface area contributed by atoms with Crippen molar-refractivity contribution < 1.29 is 9.21 Å². The molecule has 0 saturated carbocycles. The Bertz CT molecular complexity index is 1030. The summed E-state index contributed by atoms with van der Waals surface area (Å²) in [5.41, 5.74) is 4.11. The molecular formula is C21H25N3O3S. The Morgan fingerprint density at radius 2 is 2.04 bits per heavy atom. The van der Waals surface area contributed by atoms with E-state index < -0.39 is 0 Å². The van der Waals surface area contributed by atoms with Crippen LogP contribution in [0.25, 0.3) is 11.0 Å². The van der Waals surface area contributed by atoms with Crippen molar-refractivity contribution in [3.63, 3.8) is 0 Å². The van der Waals surface area contributed by atoms with E-state index in [-0.39, 0.29) is 17.9 Å². The molecule has 6 nitrogen and oxygen atoms in total. The van der Waals surface area contributed by atoms with E-state index in [0.717, 1.165) is 39.4 Å². The molecule has 0 aliphatic heterocycles. The van der Waals surface area contributed by atoms with Gasteiger partial charge in [-0.3, -0.25) is 9.59 Å². The van der Waals surface area contributed by atoms with Gasteiger partial charge in [0.25, 0.3) is 5.56 Å². The number of hydrogen-bond acceptors (Lipinski definition) is 5. The average molecular weight is 400 g/mol. The van der Waals surface area contributed by atoms with Gasteiger partial charge in [0.1, 0.15) is 11.5 Å². The zero-order valence-electron chi connectivity index (χ0n) is 16.4. The van der Waals surface area contributed by atoms with Crippen molar-refractivity contribution in [2.24, 2.45) is 0 Å². The average Bonchev–Trinajstić information content (AvgIpc) is 3.17. The summed E-state index contributed by atoms with van der Waals surface area (Å²) in [6, 6.07) is 7.77. The third-order valence-electron chi connectivity index (χ3n) is 4.68. The zero-order chi connectivity index (χ0) is 20.1. The minimum absolute atomic E-state index is 0.0584. The fraction of sp³-hybridized carbons (Fsp3) is 0.381. The maximum absolute atomic E-state index is 12.6. The number of aryl methyl sites for hydroxylation is 4. The molecule has 1 N–H and O–H groups in total. The van der Waals surface area contributed by atoms with Crippen LogP contribution in [0.5, 0.6) is 0 Å². The first-order valence-electron chi connectivity index (χ1n) is 9.31. The number of nitrogens with zero attached hydrogens (tertiary/aromatic N) is 2. The number of amides is 1. The van der Waals surface area contributed by atoms with E-state index in [1.54, 1.807) is 29.5 Å². The van der Waals surface area contributed by atoms with Crippen molar-refractivity contribution in [1.82, 2.24) is 14.9 Å². The summed E-state index contributed by atoms with van der Waals surface area (Å²) in [5.74, 6) is 2.47. The quantitative estimate of drug-likeness (QED) is 0.588. The molecule has 2 heterocycles. The molecule has 1 aromatic carbocycles. The van der Waals surface area contributed by atoms with Crippen LogP contribution >= 0.6 is 11.8 Å². The van der Waals surface area contributed by atoms with Crippen LogP contribution in [-0.4, -0.2) is 27.8 Å². The first-order valence-corrected chi connectivity index (χ1v) is 10.5. The highest BCUT2D eigenvalue weighted by molar-refractivity contribution is 7.98. The molecule has 0 radical (unpaired) electrons. The molecular weight excluding hydrogens is 374 g/mol. The van der Waals surface area contributed by atoms with Crippen LogP contribution in [0.3, 0.4) is 0 Å². The molecule has 0 aliphatic carbocycles. The van der Waals surface area contributed by atoms with Gasteiger partial charge in [-0.2, -0.15) is 11.8 Å². The van der Waals surface area contributed by atoms with Crippen molar-refractivity contribution in [3.05, 3.63) is 63.5 Å². The summed E-state index contributed by atoms with van der Waals surface area (Å²) in [6.07, 6.45) is 1.92. The summed E-state index contributed by atoms with van der Waals surface area (Å²) >= 11 is 1.70. The van der Waals surface area contributed by atoms with Crippen LogP contribution in [-0.2, 0) is 17.1 Å². The molecule has 0 atom stereocenters. The van der Waals surface area contributed by atoms with E-state index in [9.17, 15) is 9.59 Å². The minimum Gasteiger partial charge on any atom is -0.468 e. The van der Waals surface area contributed by atoms with Gasteiger partial charge in [-0.25, -0.2) is 4.98 Å². The van der Waals surface area contributed by atoms with E-state index in [2.05, 4.69) is 10.3 Å². The van der Waals surface area contributed by atoms with Crippen molar-refractivity contribution >= 4 is 28.7 Å². The van der Waals surface area contributed by atoms with Gasteiger partial charge in [-0.1, -0.05) is 0 Å². The zero-order valence-corrected chi connectivity index (χ0v) is 17.3. The van der Waals surface area contributed by atoms with Crippen LogP contribution in [0.1, 0.15) is 29.0 Å². The summed E-state index contributed by atoms with van der Waals surface area (Å²) in [6.45, 7) is 6.68. The predicted molar refractivity (Wildman–Crippen MR) is 113 cm³/mol. The van der Waals surface area contributed by atoms with Crippen molar-refractivity contribution in [3.8, 4) is 0 Å². The largest absolute Gasteiger partial charge is 0.468 e. The second-order valence-electron chi connectivity index (χ2n) is 6.81. The van der Waals surface area contributed by atoms with Crippen LogP contribution in [0.15, 0.2) is 39.7 Å². The van der Waals surface area contributed by atoms with Gasteiger partial charge in [0, 0.05) is 25.3 Å². The molecule has 2 aromatic heterocycles. The molecule has 0 saturated heterocycles. The van der Waals surface area contributed by atoms with Crippen molar-refractivity contribution in [1.29, 1.82) is 0 Å². The maximum atomic E-state index is 12.6. The summed E-state index contributed by atoms with van der Waals surface area (Å²) in [5, 5.41) is 2.91. The Labute approximate surface area is 168 Å². The van der Waals surface area contributed by atoms with Crippen molar-refractivity contribution in [2.45, 2.75) is 39.5 Å². The Morgan fingerprint density at radius 3 is 2.79 bits per heavy atom. The molecule has 3 rings (SSSR count). The van der Waals surface area contributed by atoms with Crippen molar-refractivity contribution in [2.75, 3.05) is 12.3 Å². The molecule has 0 bridgehead atoms. The van der Waals surface area contributed by atoms with Gasteiger partial charge in [-0.05, 0) is 56.2 Å². The monoisotopic (exact) mass is 399 g/mol. The number of carbonyl (C=O) groups is 1. The third-order valence-corrected chi connectivity index (χ3v) is 5.66. The third kappa shape index (κ3) is 4.84. The predicted octanol–water partition coefficient (Wildman–Crippen LogP) is 3.35. The summed E-state index contributed by atoms with van der Waals surface area (Å²) < 4.78 is 6.94. The van der Waals surface area contributed by atoms with Gasteiger partial charge >= 0.3 is 0 Å². The van der Waals surface area contributed by atoms with Gasteiger partial charge < -0.3 is 14.3 Å². The van der Waals surface area contributed by atoms with Crippen LogP contribution in [0, 0.1) is 20.8 Å². The molecule has 7 heteroatoms. The first-order chi connectivity index (χ1) is 13.5. The molecule has 148 valence electrons. The molecule has 0 spiro atoms. The Hall–Kier alpha value is -2.54. The molecule has 1 amide bonds. The number of benzene rings is 1. The number of fused-ring (bicyclic) bond motifs is 1. The van der Waals surface area contributed by atoms with Gasteiger partial charge in [-0.15, -0.1) is 0 Å². The van der Waals surface area contributed by atoms with Crippen LogP contribution in [0.2, 0.25) is 0 Å². The Balaban J connectivity index is 1.57. The lowest BCUT2D eigenvalue weighted by Gasteiger charge is -2.13. The Morgan fingerprint density at radius 1 is 1.25 bits per heavy atom. The highest BCUT2D eigenvalue weighted by Gasteiger charge is 2.11. The number of hydrogen-bond donors (Lipinski definition) is 1.